The first-order valence-corrected chi connectivity index (χ1v) is 6.89. The van der Waals surface area contributed by atoms with E-state index in [0.29, 0.717) is 0 Å². The van der Waals surface area contributed by atoms with E-state index in [2.05, 4.69) is 9.72 Å². The van der Waals surface area contributed by atoms with Crippen molar-refractivity contribution in [2.75, 3.05) is 19.5 Å². The van der Waals surface area contributed by atoms with Crippen molar-refractivity contribution < 1.29 is 32.9 Å². The second-order valence-electron chi connectivity index (χ2n) is 4.96. The van der Waals surface area contributed by atoms with Gasteiger partial charge in [0.05, 0.1) is 19.4 Å². The van der Waals surface area contributed by atoms with Crippen molar-refractivity contribution >= 4 is 17.9 Å². The summed E-state index contributed by atoms with van der Waals surface area (Å²) in [5.74, 6) is -2.09. The SMILES string of the molecule is COC(=O)OC[C@@H]1C[C@@H](OC(C)=O)[C@H](n2cc(F)c(N)nc2=O)O1. The zero-order valence-electron chi connectivity index (χ0n) is 12.9. The highest BCUT2D eigenvalue weighted by atomic mass is 19.1. The maximum Gasteiger partial charge on any atom is 0.508 e. The van der Waals surface area contributed by atoms with E-state index < -0.39 is 47.9 Å². The van der Waals surface area contributed by atoms with Gasteiger partial charge in [-0.3, -0.25) is 9.36 Å². The van der Waals surface area contributed by atoms with E-state index in [-0.39, 0.29) is 13.0 Å². The van der Waals surface area contributed by atoms with E-state index in [0.717, 1.165) is 17.9 Å². The topological polar surface area (TPSA) is 132 Å². The van der Waals surface area contributed by atoms with Gasteiger partial charge in [-0.25, -0.2) is 14.0 Å². The van der Waals surface area contributed by atoms with Crippen molar-refractivity contribution in [3.8, 4) is 0 Å². The van der Waals surface area contributed by atoms with E-state index in [4.69, 9.17) is 19.9 Å². The van der Waals surface area contributed by atoms with Crippen LogP contribution in [0.5, 0.6) is 0 Å². The Kier molecular flexibility index (Phi) is 5.34. The molecule has 1 aromatic heterocycles. The van der Waals surface area contributed by atoms with E-state index in [1.54, 1.807) is 0 Å². The van der Waals surface area contributed by atoms with Crippen molar-refractivity contribution in [2.45, 2.75) is 31.8 Å². The Hall–Kier alpha value is -2.69. The Balaban J connectivity index is 2.22. The minimum Gasteiger partial charge on any atom is -0.458 e. The zero-order chi connectivity index (χ0) is 17.9. The molecule has 2 N–H and O–H groups in total. The second-order valence-corrected chi connectivity index (χ2v) is 4.96. The normalized spacial score (nSPS) is 22.9. The van der Waals surface area contributed by atoms with Gasteiger partial charge in [-0.1, -0.05) is 0 Å². The molecule has 132 valence electrons. The Labute approximate surface area is 135 Å². The number of carbonyl (C=O) groups excluding carboxylic acids is 2. The number of hydrogen-bond acceptors (Lipinski definition) is 9. The molecule has 1 saturated heterocycles. The van der Waals surface area contributed by atoms with Gasteiger partial charge in [0, 0.05) is 13.3 Å². The highest BCUT2D eigenvalue weighted by molar-refractivity contribution is 5.66. The molecule has 10 nitrogen and oxygen atoms in total. The Morgan fingerprint density at radius 2 is 2.25 bits per heavy atom. The molecule has 0 bridgehead atoms. The maximum absolute atomic E-state index is 13.6. The van der Waals surface area contributed by atoms with Crippen molar-refractivity contribution in [3.05, 3.63) is 22.5 Å². The van der Waals surface area contributed by atoms with Gasteiger partial charge in [-0.05, 0) is 0 Å². The number of methoxy groups -OCH3 is 1. The van der Waals surface area contributed by atoms with Crippen molar-refractivity contribution in [1.82, 2.24) is 9.55 Å². The number of nitrogens with zero attached hydrogens (tertiary/aromatic N) is 2. The number of nitrogen functional groups attached to an aromatic ring is 1. The largest absolute Gasteiger partial charge is 0.508 e. The van der Waals surface area contributed by atoms with Crippen molar-refractivity contribution in [3.63, 3.8) is 0 Å². The summed E-state index contributed by atoms with van der Waals surface area (Å²) in [6, 6.07) is 0. The summed E-state index contributed by atoms with van der Waals surface area (Å²) in [4.78, 5) is 37.5. The molecule has 0 saturated carbocycles. The van der Waals surface area contributed by atoms with Crippen LogP contribution >= 0.6 is 0 Å². The molecule has 1 aliphatic heterocycles. The van der Waals surface area contributed by atoms with Gasteiger partial charge in [-0.15, -0.1) is 0 Å². The Morgan fingerprint density at radius 1 is 1.54 bits per heavy atom. The molecule has 2 heterocycles. The van der Waals surface area contributed by atoms with Gasteiger partial charge < -0.3 is 24.7 Å². The second kappa shape index (κ2) is 7.25. The molecule has 0 aromatic carbocycles. The van der Waals surface area contributed by atoms with E-state index in [1.807, 2.05) is 0 Å². The number of aromatic nitrogens is 2. The van der Waals surface area contributed by atoms with Crippen LogP contribution in [-0.4, -0.2) is 47.6 Å². The summed E-state index contributed by atoms with van der Waals surface area (Å²) in [5, 5.41) is 0. The lowest BCUT2D eigenvalue weighted by Crippen LogP contribution is -2.34. The lowest BCUT2D eigenvalue weighted by molar-refractivity contribution is -0.152. The van der Waals surface area contributed by atoms with E-state index in [1.165, 1.54) is 6.92 Å². The fourth-order valence-corrected chi connectivity index (χ4v) is 2.25. The van der Waals surface area contributed by atoms with Crippen LogP contribution in [0.2, 0.25) is 0 Å². The Bertz CT molecular complexity index is 693. The number of hydrogen-bond donors (Lipinski definition) is 1. The minimum atomic E-state index is -1.13. The first kappa shape index (κ1) is 17.7. The van der Waals surface area contributed by atoms with Gasteiger partial charge in [0.2, 0.25) is 0 Å². The van der Waals surface area contributed by atoms with Gasteiger partial charge in [0.25, 0.3) is 0 Å². The molecule has 0 unspecified atom stereocenters. The molecular formula is C13H16FN3O7. The zero-order valence-corrected chi connectivity index (χ0v) is 12.9. The summed E-state index contributed by atoms with van der Waals surface area (Å²) in [6.45, 7) is 0.987. The van der Waals surface area contributed by atoms with Crippen LogP contribution in [0.1, 0.15) is 19.6 Å². The highest BCUT2D eigenvalue weighted by Gasteiger charge is 2.40. The number of nitrogens with two attached hydrogens (primary N) is 1. The predicted octanol–water partition coefficient (Wildman–Crippen LogP) is -0.0332. The fraction of sp³-hybridized carbons (Fsp3) is 0.538. The summed E-state index contributed by atoms with van der Waals surface area (Å²) >= 11 is 0. The van der Waals surface area contributed by atoms with Crippen LogP contribution in [-0.2, 0) is 23.7 Å². The average Bonchev–Trinajstić information content (AvgIpc) is 2.90. The summed E-state index contributed by atoms with van der Waals surface area (Å²) in [7, 11) is 1.14. The molecule has 1 aromatic rings. The van der Waals surface area contributed by atoms with E-state index in [9.17, 15) is 18.8 Å². The molecule has 1 aliphatic rings. The maximum atomic E-state index is 13.6. The molecule has 1 fully saturated rings. The number of anilines is 1. The average molecular weight is 345 g/mol. The molecule has 0 radical (unpaired) electrons. The number of rotatable bonds is 4. The summed E-state index contributed by atoms with van der Waals surface area (Å²) in [6.07, 6.45) is -2.68. The molecule has 11 heteroatoms. The molecule has 3 atom stereocenters. The molecule has 2 rings (SSSR count). The van der Waals surface area contributed by atoms with Gasteiger partial charge in [0.15, 0.2) is 17.9 Å². The summed E-state index contributed by atoms with van der Waals surface area (Å²) in [5.41, 5.74) is 4.36. The third-order valence-electron chi connectivity index (χ3n) is 3.22. The van der Waals surface area contributed by atoms with Gasteiger partial charge in [0.1, 0.15) is 12.7 Å². The fourth-order valence-electron chi connectivity index (χ4n) is 2.25. The van der Waals surface area contributed by atoms with Crippen LogP contribution < -0.4 is 11.4 Å². The van der Waals surface area contributed by atoms with Crippen LogP contribution in [0.15, 0.2) is 11.0 Å². The molecule has 0 amide bonds. The number of carbonyl (C=O) groups is 2. The third kappa shape index (κ3) is 3.98. The minimum absolute atomic E-state index is 0.125. The van der Waals surface area contributed by atoms with Crippen LogP contribution in [0.4, 0.5) is 15.0 Å². The number of ether oxygens (including phenoxy) is 4. The molecule has 0 spiro atoms. The van der Waals surface area contributed by atoms with Crippen LogP contribution in [0, 0.1) is 5.82 Å². The standard InChI is InChI=1S/C13H16FN3O7/c1-6(18)23-9-3-7(5-22-13(20)21-2)24-11(9)17-4-8(14)10(15)16-12(17)19/h4,7,9,11H,3,5H2,1-2H3,(H2,15,16,19)/t7-,9+,11+/m0/s1. The molecule has 0 aliphatic carbocycles. The van der Waals surface area contributed by atoms with Crippen molar-refractivity contribution in [1.29, 1.82) is 0 Å². The van der Waals surface area contributed by atoms with Crippen molar-refractivity contribution in [2.24, 2.45) is 0 Å². The summed E-state index contributed by atoms with van der Waals surface area (Å²) < 4.78 is 34.2. The third-order valence-corrected chi connectivity index (χ3v) is 3.22. The van der Waals surface area contributed by atoms with Crippen LogP contribution in [0.25, 0.3) is 0 Å². The highest BCUT2D eigenvalue weighted by Crippen LogP contribution is 2.31. The lowest BCUT2D eigenvalue weighted by Gasteiger charge is -2.20. The quantitative estimate of drug-likeness (QED) is 0.747. The Morgan fingerprint density at radius 3 is 2.88 bits per heavy atom. The molecular weight excluding hydrogens is 329 g/mol. The van der Waals surface area contributed by atoms with E-state index >= 15 is 0 Å². The smallest absolute Gasteiger partial charge is 0.458 e. The number of halogens is 1. The van der Waals surface area contributed by atoms with Crippen LogP contribution in [0.3, 0.4) is 0 Å². The first-order valence-electron chi connectivity index (χ1n) is 6.89. The lowest BCUT2D eigenvalue weighted by atomic mass is 10.2. The predicted molar refractivity (Wildman–Crippen MR) is 75.3 cm³/mol. The first-order chi connectivity index (χ1) is 11.3. The monoisotopic (exact) mass is 345 g/mol. The number of esters is 1. The van der Waals surface area contributed by atoms with Gasteiger partial charge in [-0.2, -0.15) is 4.98 Å². The van der Waals surface area contributed by atoms with Gasteiger partial charge >= 0.3 is 17.8 Å². The molecule has 24 heavy (non-hydrogen) atoms.